The first-order chi connectivity index (χ1) is 14.0. The molecule has 0 radical (unpaired) electrons. The van der Waals surface area contributed by atoms with E-state index in [2.05, 4.69) is 5.32 Å². The number of alkyl halides is 1. The fourth-order valence-corrected chi connectivity index (χ4v) is 3.69. The first kappa shape index (κ1) is 21.7. The number of carbonyl (C=O) groups is 2. The van der Waals surface area contributed by atoms with Crippen LogP contribution in [0.1, 0.15) is 54.7 Å². The molecule has 5 nitrogen and oxygen atoms in total. The van der Waals surface area contributed by atoms with E-state index >= 15 is 4.39 Å². The maximum Gasteiger partial charge on any atom is 0.408 e. The number of carbonyl (C=O) groups excluding carboxylic acids is 2. The van der Waals surface area contributed by atoms with Gasteiger partial charge in [0.05, 0.1) is 13.2 Å². The van der Waals surface area contributed by atoms with Crippen molar-refractivity contribution in [2.45, 2.75) is 50.9 Å². The lowest BCUT2D eigenvalue weighted by Crippen LogP contribution is -2.51. The van der Waals surface area contributed by atoms with E-state index in [1.54, 1.807) is 39.0 Å². The fraction of sp³-hybridized carbons (Fsp3) is 0.391. The van der Waals surface area contributed by atoms with E-state index in [4.69, 9.17) is 9.47 Å². The summed E-state index contributed by atoms with van der Waals surface area (Å²) < 4.78 is 40.4. The molecular weight excluding hydrogens is 392 g/mol. The fourth-order valence-electron chi connectivity index (χ4n) is 3.69. The third-order valence-corrected chi connectivity index (χ3v) is 5.04. The van der Waals surface area contributed by atoms with Crippen LogP contribution in [0.5, 0.6) is 5.75 Å². The van der Waals surface area contributed by atoms with Gasteiger partial charge in [-0.05, 0) is 57.4 Å². The summed E-state index contributed by atoms with van der Waals surface area (Å²) >= 11 is 0. The third kappa shape index (κ3) is 4.30. The van der Waals surface area contributed by atoms with E-state index in [-0.39, 0.29) is 24.0 Å². The van der Waals surface area contributed by atoms with Crippen molar-refractivity contribution >= 4 is 11.9 Å². The molecule has 7 heteroatoms. The zero-order chi connectivity index (χ0) is 22.1. The van der Waals surface area contributed by atoms with Gasteiger partial charge in [0.2, 0.25) is 5.78 Å². The molecule has 1 amide bonds. The SMILES string of the molecule is COc1cccc2c1CC[C@](F)([C@@H](NC(=O)OC(C)(C)C)c1ccc(F)cc1)C2=O. The summed E-state index contributed by atoms with van der Waals surface area (Å²) in [6, 6.07) is 8.56. The van der Waals surface area contributed by atoms with Gasteiger partial charge in [0.15, 0.2) is 5.67 Å². The molecule has 2 aromatic rings. The Morgan fingerprint density at radius 3 is 2.43 bits per heavy atom. The van der Waals surface area contributed by atoms with Crippen molar-refractivity contribution in [3.05, 3.63) is 65.0 Å². The van der Waals surface area contributed by atoms with Crippen LogP contribution >= 0.6 is 0 Å². The minimum absolute atomic E-state index is 0.170. The van der Waals surface area contributed by atoms with Crippen LogP contribution in [0, 0.1) is 5.82 Å². The lowest BCUT2D eigenvalue weighted by molar-refractivity contribution is 0.0322. The van der Waals surface area contributed by atoms with Crippen LogP contribution in [0.3, 0.4) is 0 Å². The first-order valence-electron chi connectivity index (χ1n) is 9.70. The van der Waals surface area contributed by atoms with Gasteiger partial charge in [-0.2, -0.15) is 0 Å². The van der Waals surface area contributed by atoms with Crippen LogP contribution < -0.4 is 10.1 Å². The standard InChI is InChI=1S/C23H25F2NO4/c1-22(2,3)30-21(28)26-19(14-8-10-15(24)11-9-14)23(25)13-12-16-17(20(23)27)6-5-7-18(16)29-4/h5-11,19H,12-13H2,1-4H3,(H,26,28)/t19-,23-/m0/s1. The average Bonchev–Trinajstić information content (AvgIpc) is 2.68. The summed E-state index contributed by atoms with van der Waals surface area (Å²) in [7, 11) is 1.49. The lowest BCUT2D eigenvalue weighted by Gasteiger charge is -2.37. The van der Waals surface area contributed by atoms with E-state index in [9.17, 15) is 14.0 Å². The molecule has 30 heavy (non-hydrogen) atoms. The monoisotopic (exact) mass is 417 g/mol. The third-order valence-electron chi connectivity index (χ3n) is 5.04. The number of benzene rings is 2. The number of alkyl carbamates (subject to hydrolysis) is 1. The van der Waals surface area contributed by atoms with Crippen LogP contribution in [0.4, 0.5) is 13.6 Å². The molecule has 0 aromatic heterocycles. The van der Waals surface area contributed by atoms with Crippen molar-refractivity contribution in [3.63, 3.8) is 0 Å². The Morgan fingerprint density at radius 1 is 1.17 bits per heavy atom. The number of halogens is 2. The number of fused-ring (bicyclic) bond motifs is 1. The Morgan fingerprint density at radius 2 is 1.83 bits per heavy atom. The van der Waals surface area contributed by atoms with Crippen molar-refractivity contribution in [3.8, 4) is 5.75 Å². The molecule has 0 bridgehead atoms. The molecule has 0 saturated heterocycles. The van der Waals surface area contributed by atoms with Gasteiger partial charge in [0, 0.05) is 11.1 Å². The predicted molar refractivity (Wildman–Crippen MR) is 108 cm³/mol. The summed E-state index contributed by atoms with van der Waals surface area (Å²) in [5.41, 5.74) is -2.13. The largest absolute Gasteiger partial charge is 0.496 e. The van der Waals surface area contributed by atoms with Crippen LogP contribution in [0.2, 0.25) is 0 Å². The summed E-state index contributed by atoms with van der Waals surface area (Å²) in [5, 5.41) is 2.50. The Labute approximate surface area is 174 Å². The average molecular weight is 417 g/mol. The van der Waals surface area contributed by atoms with Gasteiger partial charge < -0.3 is 14.8 Å². The molecule has 1 N–H and O–H groups in total. The normalized spacial score (nSPS) is 19.6. The Balaban J connectivity index is 2.02. The molecule has 0 heterocycles. The van der Waals surface area contributed by atoms with Crippen LogP contribution in [-0.2, 0) is 11.2 Å². The number of hydrogen-bond acceptors (Lipinski definition) is 4. The van der Waals surface area contributed by atoms with Gasteiger partial charge in [-0.1, -0.05) is 24.3 Å². The zero-order valence-electron chi connectivity index (χ0n) is 17.4. The van der Waals surface area contributed by atoms with E-state index in [1.165, 1.54) is 19.2 Å². The number of rotatable bonds is 4. The number of ether oxygens (including phenoxy) is 2. The number of ketones is 1. The molecule has 0 fully saturated rings. The molecule has 3 rings (SSSR count). The molecule has 1 aliphatic carbocycles. The summed E-state index contributed by atoms with van der Waals surface area (Å²) in [6.07, 6.45) is -0.787. The van der Waals surface area contributed by atoms with Crippen LogP contribution in [0.25, 0.3) is 0 Å². The Hall–Kier alpha value is -2.96. The van der Waals surface area contributed by atoms with Gasteiger partial charge >= 0.3 is 6.09 Å². The molecular formula is C23H25F2NO4. The van der Waals surface area contributed by atoms with Crippen molar-refractivity contribution < 1.29 is 27.8 Å². The summed E-state index contributed by atoms with van der Waals surface area (Å²) in [5.74, 6) is -0.748. The van der Waals surface area contributed by atoms with Gasteiger partial charge in [-0.3, -0.25) is 4.79 Å². The van der Waals surface area contributed by atoms with Crippen LogP contribution in [0.15, 0.2) is 42.5 Å². The van der Waals surface area contributed by atoms with Crippen molar-refractivity contribution in [1.29, 1.82) is 0 Å². The Kier molecular flexibility index (Phi) is 5.83. The van der Waals surface area contributed by atoms with Crippen molar-refractivity contribution in [1.82, 2.24) is 5.32 Å². The molecule has 2 aromatic carbocycles. The minimum Gasteiger partial charge on any atom is -0.496 e. The maximum absolute atomic E-state index is 16.4. The molecule has 0 aliphatic heterocycles. The van der Waals surface area contributed by atoms with Gasteiger partial charge in [0.1, 0.15) is 17.2 Å². The molecule has 2 atom stereocenters. The van der Waals surface area contributed by atoms with E-state index < -0.39 is 35.0 Å². The molecule has 0 spiro atoms. The van der Waals surface area contributed by atoms with Gasteiger partial charge in [-0.25, -0.2) is 13.6 Å². The second-order valence-corrected chi connectivity index (χ2v) is 8.31. The quantitative estimate of drug-likeness (QED) is 0.766. The highest BCUT2D eigenvalue weighted by Crippen LogP contribution is 2.43. The first-order valence-corrected chi connectivity index (χ1v) is 9.70. The Bertz CT molecular complexity index is 953. The summed E-state index contributed by atoms with van der Waals surface area (Å²) in [6.45, 7) is 5.04. The van der Waals surface area contributed by atoms with E-state index in [0.29, 0.717) is 11.3 Å². The van der Waals surface area contributed by atoms with Crippen molar-refractivity contribution in [2.75, 3.05) is 7.11 Å². The van der Waals surface area contributed by atoms with Crippen molar-refractivity contribution in [2.24, 2.45) is 0 Å². The highest BCUT2D eigenvalue weighted by atomic mass is 19.1. The number of Topliss-reactive ketones (excluding diaryl/α,β-unsaturated/α-hetero) is 1. The predicted octanol–water partition coefficient (Wildman–Crippen LogP) is 4.94. The minimum atomic E-state index is -2.44. The second kappa shape index (κ2) is 8.05. The van der Waals surface area contributed by atoms with Gasteiger partial charge in [-0.15, -0.1) is 0 Å². The summed E-state index contributed by atoms with van der Waals surface area (Å²) in [4.78, 5) is 25.7. The molecule has 0 saturated carbocycles. The number of hydrogen-bond donors (Lipinski definition) is 1. The maximum atomic E-state index is 16.4. The number of amides is 1. The second-order valence-electron chi connectivity index (χ2n) is 8.31. The number of methoxy groups -OCH3 is 1. The van der Waals surface area contributed by atoms with Crippen LogP contribution in [-0.4, -0.2) is 30.3 Å². The zero-order valence-corrected chi connectivity index (χ0v) is 17.4. The highest BCUT2D eigenvalue weighted by molar-refractivity contribution is 6.06. The lowest BCUT2D eigenvalue weighted by atomic mass is 9.74. The molecule has 160 valence electrons. The topological polar surface area (TPSA) is 64.6 Å². The van der Waals surface area contributed by atoms with Gasteiger partial charge in [0.25, 0.3) is 0 Å². The molecule has 0 unspecified atom stereocenters. The highest BCUT2D eigenvalue weighted by Gasteiger charge is 2.51. The smallest absolute Gasteiger partial charge is 0.408 e. The number of nitrogens with one attached hydrogen (secondary N) is 1. The van der Waals surface area contributed by atoms with E-state index in [1.807, 2.05) is 0 Å². The van der Waals surface area contributed by atoms with E-state index in [0.717, 1.165) is 12.1 Å². The molecule has 1 aliphatic rings.